The zero-order chi connectivity index (χ0) is 14.2. The van der Waals surface area contributed by atoms with Crippen LogP contribution in [-0.2, 0) is 18.2 Å². The van der Waals surface area contributed by atoms with Crippen LogP contribution in [0.2, 0.25) is 0 Å². The van der Waals surface area contributed by atoms with Gasteiger partial charge in [-0.05, 0) is 25.0 Å². The van der Waals surface area contributed by atoms with E-state index in [9.17, 15) is 5.11 Å². The Morgan fingerprint density at radius 3 is 2.70 bits per heavy atom. The highest BCUT2D eigenvalue weighted by Gasteiger charge is 2.41. The molecule has 1 fully saturated rings. The molecule has 1 aromatic carbocycles. The average molecular weight is 274 g/mol. The summed E-state index contributed by atoms with van der Waals surface area (Å²) in [4.78, 5) is 4.64. The lowest BCUT2D eigenvalue weighted by Crippen LogP contribution is -2.43. The fraction of sp³-hybridized carbons (Fsp3) is 0.562. The molecule has 4 heteroatoms. The smallest absolute Gasteiger partial charge is 0.112 e. The van der Waals surface area contributed by atoms with Gasteiger partial charge in [-0.25, -0.2) is 4.98 Å². The summed E-state index contributed by atoms with van der Waals surface area (Å²) >= 11 is 0. The molecular weight excluding hydrogens is 252 g/mol. The lowest BCUT2D eigenvalue weighted by atomic mass is 9.92. The van der Waals surface area contributed by atoms with E-state index in [-0.39, 0.29) is 5.60 Å². The van der Waals surface area contributed by atoms with E-state index in [1.165, 1.54) is 0 Å². The minimum atomic E-state index is -0.495. The Balaban J connectivity index is 1.87. The fourth-order valence-corrected chi connectivity index (χ4v) is 3.38. The van der Waals surface area contributed by atoms with Crippen LogP contribution in [0.15, 0.2) is 24.3 Å². The number of imidazole rings is 1. The van der Waals surface area contributed by atoms with E-state index in [4.69, 9.17) is 4.74 Å². The first-order chi connectivity index (χ1) is 9.66. The standard InChI is InChI=1S/C16H22N2O2/c1-18-13-8-4-3-7-12(13)17-15(18)11-14(19)16(20-2)9-5-6-10-16/h3-4,7-8,14,19H,5-6,9-11H2,1-2H3. The van der Waals surface area contributed by atoms with Gasteiger partial charge in [0.25, 0.3) is 0 Å². The molecule has 1 aliphatic carbocycles. The quantitative estimate of drug-likeness (QED) is 0.931. The van der Waals surface area contributed by atoms with Crippen molar-refractivity contribution in [2.24, 2.45) is 7.05 Å². The summed E-state index contributed by atoms with van der Waals surface area (Å²) in [5.74, 6) is 0.919. The van der Waals surface area contributed by atoms with Crippen LogP contribution >= 0.6 is 0 Å². The highest BCUT2D eigenvalue weighted by molar-refractivity contribution is 5.75. The van der Waals surface area contributed by atoms with E-state index >= 15 is 0 Å². The molecule has 1 N–H and O–H groups in total. The van der Waals surface area contributed by atoms with Gasteiger partial charge in [0.1, 0.15) is 5.82 Å². The summed E-state index contributed by atoms with van der Waals surface area (Å²) in [6.07, 6.45) is 4.19. The van der Waals surface area contributed by atoms with E-state index in [1.54, 1.807) is 7.11 Å². The van der Waals surface area contributed by atoms with Crippen LogP contribution in [0.3, 0.4) is 0 Å². The maximum Gasteiger partial charge on any atom is 0.112 e. The molecule has 2 aromatic rings. The van der Waals surface area contributed by atoms with Crippen molar-refractivity contribution in [2.45, 2.75) is 43.8 Å². The zero-order valence-corrected chi connectivity index (χ0v) is 12.2. The van der Waals surface area contributed by atoms with Crippen molar-refractivity contribution in [1.29, 1.82) is 0 Å². The van der Waals surface area contributed by atoms with Crippen molar-refractivity contribution in [3.05, 3.63) is 30.1 Å². The highest BCUT2D eigenvalue weighted by Crippen LogP contribution is 2.36. The average Bonchev–Trinajstić information content (AvgIpc) is 3.06. The van der Waals surface area contributed by atoms with Gasteiger partial charge in [-0.3, -0.25) is 0 Å². The molecule has 108 valence electrons. The second-order valence-corrected chi connectivity index (χ2v) is 5.77. The second-order valence-electron chi connectivity index (χ2n) is 5.77. The van der Waals surface area contributed by atoms with Crippen molar-refractivity contribution in [2.75, 3.05) is 7.11 Å². The van der Waals surface area contributed by atoms with E-state index in [0.29, 0.717) is 6.42 Å². The van der Waals surface area contributed by atoms with E-state index in [1.807, 2.05) is 25.2 Å². The summed E-state index contributed by atoms with van der Waals surface area (Å²) < 4.78 is 7.73. The number of aliphatic hydroxyl groups is 1. The Hall–Kier alpha value is -1.39. The maximum absolute atomic E-state index is 10.6. The van der Waals surface area contributed by atoms with Crippen LogP contribution in [0.5, 0.6) is 0 Å². The third kappa shape index (κ3) is 2.13. The monoisotopic (exact) mass is 274 g/mol. The highest BCUT2D eigenvalue weighted by atomic mass is 16.5. The van der Waals surface area contributed by atoms with Crippen molar-refractivity contribution < 1.29 is 9.84 Å². The van der Waals surface area contributed by atoms with Crippen LogP contribution in [0, 0.1) is 0 Å². The van der Waals surface area contributed by atoms with Gasteiger partial charge in [0, 0.05) is 20.6 Å². The van der Waals surface area contributed by atoms with Gasteiger partial charge in [0.2, 0.25) is 0 Å². The Morgan fingerprint density at radius 1 is 1.35 bits per heavy atom. The molecule has 1 unspecified atom stereocenters. The third-order valence-electron chi connectivity index (χ3n) is 4.72. The molecule has 1 saturated carbocycles. The van der Waals surface area contributed by atoms with E-state index < -0.39 is 6.10 Å². The number of aliphatic hydroxyl groups excluding tert-OH is 1. The minimum Gasteiger partial charge on any atom is -0.390 e. The normalized spacial score (nSPS) is 19.6. The van der Waals surface area contributed by atoms with Crippen molar-refractivity contribution in [1.82, 2.24) is 9.55 Å². The summed E-state index contributed by atoms with van der Waals surface area (Å²) in [6.45, 7) is 0. The predicted octanol–water partition coefficient (Wildman–Crippen LogP) is 2.44. The van der Waals surface area contributed by atoms with E-state index in [0.717, 1.165) is 42.5 Å². The topological polar surface area (TPSA) is 47.3 Å². The first-order valence-corrected chi connectivity index (χ1v) is 7.30. The second kappa shape index (κ2) is 5.19. The first kappa shape index (κ1) is 13.6. The van der Waals surface area contributed by atoms with Crippen LogP contribution in [-0.4, -0.2) is 33.5 Å². The maximum atomic E-state index is 10.6. The number of ether oxygens (including phenoxy) is 1. The summed E-state index contributed by atoms with van der Waals surface area (Å²) in [7, 11) is 3.72. The minimum absolute atomic E-state index is 0.377. The lowest BCUT2D eigenvalue weighted by molar-refractivity contribution is -0.0978. The lowest BCUT2D eigenvalue weighted by Gasteiger charge is -2.32. The summed E-state index contributed by atoms with van der Waals surface area (Å²) in [6, 6.07) is 8.06. The fourth-order valence-electron chi connectivity index (χ4n) is 3.38. The van der Waals surface area contributed by atoms with E-state index in [2.05, 4.69) is 15.6 Å². The number of hydrogen-bond donors (Lipinski definition) is 1. The molecule has 0 aliphatic heterocycles. The number of hydrogen-bond acceptors (Lipinski definition) is 3. The number of aryl methyl sites for hydroxylation is 1. The Bertz CT molecular complexity index is 600. The van der Waals surface area contributed by atoms with Crippen LogP contribution in [0.1, 0.15) is 31.5 Å². The Morgan fingerprint density at radius 2 is 2.05 bits per heavy atom. The number of methoxy groups -OCH3 is 1. The van der Waals surface area contributed by atoms with Crippen molar-refractivity contribution in [3.63, 3.8) is 0 Å². The molecule has 4 nitrogen and oxygen atoms in total. The molecular formula is C16H22N2O2. The predicted molar refractivity (Wildman–Crippen MR) is 78.6 cm³/mol. The number of aromatic nitrogens is 2. The SMILES string of the molecule is COC1(C(O)Cc2nc3ccccc3n2C)CCCC1. The van der Waals surface area contributed by atoms with Crippen molar-refractivity contribution in [3.8, 4) is 0 Å². The van der Waals surface area contributed by atoms with Gasteiger partial charge >= 0.3 is 0 Å². The number of rotatable bonds is 4. The molecule has 1 aliphatic rings. The number of benzene rings is 1. The molecule has 0 saturated heterocycles. The third-order valence-corrected chi connectivity index (χ3v) is 4.72. The largest absolute Gasteiger partial charge is 0.390 e. The van der Waals surface area contributed by atoms with Crippen molar-refractivity contribution >= 4 is 11.0 Å². The Kier molecular flexibility index (Phi) is 3.52. The number of fused-ring (bicyclic) bond motifs is 1. The van der Waals surface area contributed by atoms with Crippen LogP contribution < -0.4 is 0 Å². The molecule has 3 rings (SSSR count). The first-order valence-electron chi connectivity index (χ1n) is 7.30. The Labute approximate surface area is 119 Å². The van der Waals surface area contributed by atoms with Gasteiger partial charge in [-0.1, -0.05) is 25.0 Å². The molecule has 0 bridgehead atoms. The van der Waals surface area contributed by atoms with Crippen LogP contribution in [0.4, 0.5) is 0 Å². The number of nitrogens with zero attached hydrogens (tertiary/aromatic N) is 2. The molecule has 1 heterocycles. The molecule has 0 spiro atoms. The van der Waals surface area contributed by atoms with Gasteiger partial charge in [0.15, 0.2) is 0 Å². The molecule has 1 aromatic heterocycles. The number of para-hydroxylation sites is 2. The molecule has 0 radical (unpaired) electrons. The summed E-state index contributed by atoms with van der Waals surface area (Å²) in [5, 5.41) is 10.6. The summed E-state index contributed by atoms with van der Waals surface area (Å²) in [5.41, 5.74) is 1.71. The van der Waals surface area contributed by atoms with Gasteiger partial charge in [-0.15, -0.1) is 0 Å². The molecule has 1 atom stereocenters. The van der Waals surface area contributed by atoms with Gasteiger partial charge in [-0.2, -0.15) is 0 Å². The van der Waals surface area contributed by atoms with Gasteiger partial charge in [0.05, 0.1) is 22.7 Å². The van der Waals surface area contributed by atoms with Crippen LogP contribution in [0.25, 0.3) is 11.0 Å². The molecule has 0 amide bonds. The molecule has 20 heavy (non-hydrogen) atoms. The van der Waals surface area contributed by atoms with Gasteiger partial charge < -0.3 is 14.4 Å². The zero-order valence-electron chi connectivity index (χ0n) is 12.2.